The third-order valence-corrected chi connectivity index (χ3v) is 4.36. The molecule has 2 N–H and O–H groups in total. The molecule has 102 valence electrons. The van der Waals surface area contributed by atoms with Gasteiger partial charge in [-0.05, 0) is 31.4 Å². The summed E-state index contributed by atoms with van der Waals surface area (Å²) in [6, 6.07) is 1.87. The number of nitrogens with two attached hydrogens (primary N) is 1. The lowest BCUT2D eigenvalue weighted by atomic mass is 9.80. The van der Waals surface area contributed by atoms with Gasteiger partial charge >= 0.3 is 0 Å². The molecule has 0 unspecified atom stereocenters. The number of aryl methyl sites for hydroxylation is 1. The van der Waals surface area contributed by atoms with Crippen LogP contribution in [0.3, 0.4) is 0 Å². The first kappa shape index (κ1) is 13.9. The van der Waals surface area contributed by atoms with Crippen LogP contribution in [0.2, 0.25) is 0 Å². The zero-order valence-electron chi connectivity index (χ0n) is 11.3. The molecule has 1 aliphatic rings. The fraction of sp³-hybridized carbons (Fsp3) is 0.500. The molecule has 1 aliphatic heterocycles. The zero-order valence-corrected chi connectivity index (χ0v) is 12.2. The standard InChI is InChI=1S/C14H19N3OS/c1-10-7-11(9-16-8-10)12(18)17-5-3-14(2,4-6-17)13(15)19/h7-9H,3-6H2,1-2H3,(H2,15,19). The molecular weight excluding hydrogens is 258 g/mol. The van der Waals surface area contributed by atoms with Crippen LogP contribution in [-0.2, 0) is 0 Å². The monoisotopic (exact) mass is 277 g/mol. The maximum atomic E-state index is 12.4. The van der Waals surface area contributed by atoms with Crippen LogP contribution in [0.15, 0.2) is 18.5 Å². The van der Waals surface area contributed by atoms with Gasteiger partial charge in [0.05, 0.1) is 10.6 Å². The highest BCUT2D eigenvalue weighted by Crippen LogP contribution is 2.31. The molecule has 0 saturated carbocycles. The van der Waals surface area contributed by atoms with Crippen LogP contribution >= 0.6 is 12.2 Å². The summed E-state index contributed by atoms with van der Waals surface area (Å²) in [4.78, 5) is 18.8. The Hall–Kier alpha value is -1.49. The fourth-order valence-corrected chi connectivity index (χ4v) is 2.51. The molecule has 0 spiro atoms. The quantitative estimate of drug-likeness (QED) is 0.839. The molecule has 0 aliphatic carbocycles. The number of carbonyl (C=O) groups is 1. The van der Waals surface area contributed by atoms with Crippen molar-refractivity contribution in [2.45, 2.75) is 26.7 Å². The van der Waals surface area contributed by atoms with Crippen molar-refractivity contribution in [3.8, 4) is 0 Å². The normalized spacial score (nSPS) is 18.1. The number of nitrogens with zero attached hydrogens (tertiary/aromatic N) is 2. The molecule has 0 bridgehead atoms. The molecule has 1 saturated heterocycles. The molecule has 2 heterocycles. The molecular formula is C14H19N3OS. The highest BCUT2D eigenvalue weighted by molar-refractivity contribution is 7.80. The lowest BCUT2D eigenvalue weighted by Gasteiger charge is -2.38. The average Bonchev–Trinajstić information content (AvgIpc) is 2.38. The maximum Gasteiger partial charge on any atom is 0.255 e. The Labute approximate surface area is 119 Å². The summed E-state index contributed by atoms with van der Waals surface area (Å²) in [7, 11) is 0. The van der Waals surface area contributed by atoms with Crippen molar-refractivity contribution in [1.29, 1.82) is 0 Å². The third kappa shape index (κ3) is 2.92. The molecule has 1 amide bonds. The predicted octanol–water partition coefficient (Wildman–Crippen LogP) is 1.92. The second-order valence-corrected chi connectivity index (χ2v) is 5.91. The number of piperidine rings is 1. The number of rotatable bonds is 2. The Bertz CT molecular complexity index is 507. The Morgan fingerprint density at radius 1 is 1.42 bits per heavy atom. The van der Waals surface area contributed by atoms with Crippen molar-refractivity contribution in [1.82, 2.24) is 9.88 Å². The summed E-state index contributed by atoms with van der Waals surface area (Å²) in [5.41, 5.74) is 7.31. The lowest BCUT2D eigenvalue weighted by Crippen LogP contribution is -2.46. The SMILES string of the molecule is Cc1cncc(C(=O)N2CCC(C)(C(N)=S)CC2)c1. The number of hydrogen-bond donors (Lipinski definition) is 1. The minimum Gasteiger partial charge on any atom is -0.393 e. The van der Waals surface area contributed by atoms with E-state index < -0.39 is 0 Å². The fourth-order valence-electron chi connectivity index (χ4n) is 2.30. The van der Waals surface area contributed by atoms with Gasteiger partial charge in [0.25, 0.3) is 5.91 Å². The second kappa shape index (κ2) is 5.25. The molecule has 1 fully saturated rings. The molecule has 5 heteroatoms. The Balaban J connectivity index is 2.06. The van der Waals surface area contributed by atoms with Gasteiger partial charge in [-0.3, -0.25) is 9.78 Å². The molecule has 1 aromatic rings. The largest absolute Gasteiger partial charge is 0.393 e. The van der Waals surface area contributed by atoms with Crippen LogP contribution < -0.4 is 5.73 Å². The van der Waals surface area contributed by atoms with Gasteiger partial charge in [-0.25, -0.2) is 0 Å². The van der Waals surface area contributed by atoms with Gasteiger partial charge in [-0.2, -0.15) is 0 Å². The summed E-state index contributed by atoms with van der Waals surface area (Å²) in [6.45, 7) is 5.40. The zero-order chi connectivity index (χ0) is 14.0. The lowest BCUT2D eigenvalue weighted by molar-refractivity contribution is 0.0669. The van der Waals surface area contributed by atoms with Crippen LogP contribution in [0.1, 0.15) is 35.7 Å². The summed E-state index contributed by atoms with van der Waals surface area (Å²) in [6.07, 6.45) is 5.02. The predicted molar refractivity (Wildman–Crippen MR) is 79.0 cm³/mol. The van der Waals surface area contributed by atoms with E-state index in [1.807, 2.05) is 17.9 Å². The third-order valence-electron chi connectivity index (χ3n) is 3.87. The maximum absolute atomic E-state index is 12.4. The number of carbonyl (C=O) groups excluding carboxylic acids is 1. The van der Waals surface area contributed by atoms with E-state index in [4.69, 9.17) is 18.0 Å². The summed E-state index contributed by atoms with van der Waals surface area (Å²) >= 11 is 5.11. The van der Waals surface area contributed by atoms with Gasteiger partial charge in [0.2, 0.25) is 0 Å². The summed E-state index contributed by atoms with van der Waals surface area (Å²) in [5, 5.41) is 0. The van der Waals surface area contributed by atoms with Gasteiger partial charge in [-0.15, -0.1) is 0 Å². The van der Waals surface area contributed by atoms with E-state index in [2.05, 4.69) is 11.9 Å². The Morgan fingerprint density at radius 3 is 2.58 bits per heavy atom. The van der Waals surface area contributed by atoms with Gasteiger partial charge < -0.3 is 10.6 Å². The van der Waals surface area contributed by atoms with E-state index in [0.717, 1.165) is 18.4 Å². The summed E-state index contributed by atoms with van der Waals surface area (Å²) < 4.78 is 0. The number of amides is 1. The molecule has 0 atom stereocenters. The highest BCUT2D eigenvalue weighted by atomic mass is 32.1. The van der Waals surface area contributed by atoms with Crippen LogP contribution in [0.5, 0.6) is 0 Å². The van der Waals surface area contributed by atoms with Crippen LogP contribution in [-0.4, -0.2) is 33.9 Å². The molecule has 19 heavy (non-hydrogen) atoms. The van der Waals surface area contributed by atoms with E-state index in [1.54, 1.807) is 12.4 Å². The van der Waals surface area contributed by atoms with Crippen LogP contribution in [0.25, 0.3) is 0 Å². The van der Waals surface area contributed by atoms with E-state index in [-0.39, 0.29) is 11.3 Å². The van der Waals surface area contributed by atoms with E-state index >= 15 is 0 Å². The van der Waals surface area contributed by atoms with E-state index in [1.165, 1.54) is 0 Å². The Morgan fingerprint density at radius 2 is 2.05 bits per heavy atom. The molecule has 0 radical (unpaired) electrons. The van der Waals surface area contributed by atoms with Gasteiger partial charge in [0, 0.05) is 30.9 Å². The van der Waals surface area contributed by atoms with Crippen molar-refractivity contribution >= 4 is 23.1 Å². The van der Waals surface area contributed by atoms with Crippen molar-refractivity contribution in [2.75, 3.05) is 13.1 Å². The second-order valence-electron chi connectivity index (χ2n) is 5.47. The average molecular weight is 277 g/mol. The minimum absolute atomic E-state index is 0.0428. The molecule has 2 rings (SSSR count). The number of aromatic nitrogens is 1. The Kier molecular flexibility index (Phi) is 3.85. The first-order chi connectivity index (χ1) is 8.92. The van der Waals surface area contributed by atoms with E-state index in [0.29, 0.717) is 23.6 Å². The number of pyridine rings is 1. The molecule has 1 aromatic heterocycles. The van der Waals surface area contributed by atoms with Gasteiger partial charge in [0.1, 0.15) is 0 Å². The first-order valence-corrected chi connectivity index (χ1v) is 6.84. The van der Waals surface area contributed by atoms with Crippen molar-refractivity contribution in [3.63, 3.8) is 0 Å². The smallest absolute Gasteiger partial charge is 0.255 e. The van der Waals surface area contributed by atoms with Crippen molar-refractivity contribution < 1.29 is 4.79 Å². The number of hydrogen-bond acceptors (Lipinski definition) is 3. The topological polar surface area (TPSA) is 59.2 Å². The van der Waals surface area contributed by atoms with Gasteiger partial charge in [0.15, 0.2) is 0 Å². The molecule has 4 nitrogen and oxygen atoms in total. The van der Waals surface area contributed by atoms with Crippen molar-refractivity contribution in [3.05, 3.63) is 29.6 Å². The van der Waals surface area contributed by atoms with Gasteiger partial charge in [-0.1, -0.05) is 19.1 Å². The minimum atomic E-state index is -0.114. The first-order valence-electron chi connectivity index (χ1n) is 6.43. The van der Waals surface area contributed by atoms with E-state index in [9.17, 15) is 4.79 Å². The van der Waals surface area contributed by atoms with Crippen LogP contribution in [0.4, 0.5) is 0 Å². The summed E-state index contributed by atoms with van der Waals surface area (Å²) in [5.74, 6) is 0.0428. The van der Waals surface area contributed by atoms with Crippen molar-refractivity contribution in [2.24, 2.45) is 11.1 Å². The molecule has 0 aromatic carbocycles. The van der Waals surface area contributed by atoms with Crippen LogP contribution in [0, 0.1) is 12.3 Å². The number of thiocarbonyl (C=S) groups is 1. The number of likely N-dealkylation sites (tertiary alicyclic amines) is 1. The highest BCUT2D eigenvalue weighted by Gasteiger charge is 2.34.